The van der Waals surface area contributed by atoms with Crippen molar-refractivity contribution in [3.05, 3.63) is 41.1 Å². The van der Waals surface area contributed by atoms with E-state index in [4.69, 9.17) is 4.74 Å². The molecule has 0 spiro atoms. The number of hydrogen-bond donors (Lipinski definition) is 2. The monoisotopic (exact) mass is 371 g/mol. The smallest absolute Gasteiger partial charge is 0.339 e. The summed E-state index contributed by atoms with van der Waals surface area (Å²) < 4.78 is 5.18. The molecule has 1 heterocycles. The zero-order valence-electron chi connectivity index (χ0n) is 16.1. The fraction of sp³-hybridized carbons (Fsp3) is 0.400. The fourth-order valence-electron chi connectivity index (χ4n) is 2.77. The number of pyridine rings is 1. The van der Waals surface area contributed by atoms with Crippen LogP contribution in [0.5, 0.6) is 0 Å². The largest absolute Gasteiger partial charge is 0.452 e. The average Bonchev–Trinajstić information content (AvgIpc) is 2.63. The molecule has 144 valence electrons. The van der Waals surface area contributed by atoms with E-state index < -0.39 is 18.5 Å². The first-order valence-corrected chi connectivity index (χ1v) is 8.94. The molecular weight excluding hydrogens is 346 g/mol. The molecule has 7 heteroatoms. The first kappa shape index (κ1) is 20.4. The minimum Gasteiger partial charge on any atom is -0.452 e. The van der Waals surface area contributed by atoms with Gasteiger partial charge in [-0.25, -0.2) is 4.79 Å². The van der Waals surface area contributed by atoms with Gasteiger partial charge in [-0.3, -0.25) is 14.6 Å². The summed E-state index contributed by atoms with van der Waals surface area (Å²) in [5.41, 5.74) is 2.69. The van der Waals surface area contributed by atoms with Crippen molar-refractivity contribution >= 4 is 28.7 Å². The summed E-state index contributed by atoms with van der Waals surface area (Å²) in [7, 11) is 0. The van der Waals surface area contributed by atoms with E-state index in [-0.39, 0.29) is 18.5 Å². The van der Waals surface area contributed by atoms with Crippen LogP contribution in [0.15, 0.2) is 24.3 Å². The molecule has 0 saturated carbocycles. The van der Waals surface area contributed by atoms with Crippen molar-refractivity contribution in [2.24, 2.45) is 0 Å². The summed E-state index contributed by atoms with van der Waals surface area (Å²) in [5.74, 6) is -1.41. The van der Waals surface area contributed by atoms with Crippen molar-refractivity contribution in [1.82, 2.24) is 15.6 Å². The minimum absolute atomic E-state index is 0.0112. The highest BCUT2D eigenvalue weighted by Crippen LogP contribution is 2.24. The van der Waals surface area contributed by atoms with Gasteiger partial charge in [0.25, 0.3) is 5.91 Å². The molecule has 2 aromatic rings. The Hall–Kier alpha value is -2.96. The molecule has 0 aliphatic heterocycles. The second-order valence-electron chi connectivity index (χ2n) is 6.50. The van der Waals surface area contributed by atoms with E-state index in [9.17, 15) is 14.4 Å². The van der Waals surface area contributed by atoms with Gasteiger partial charge in [-0.05, 0) is 38.8 Å². The van der Waals surface area contributed by atoms with Gasteiger partial charge < -0.3 is 15.4 Å². The highest BCUT2D eigenvalue weighted by molar-refractivity contribution is 6.05. The Morgan fingerprint density at radius 2 is 1.85 bits per heavy atom. The number of carbonyl (C=O) groups excluding carboxylic acids is 3. The number of amides is 2. The quantitative estimate of drug-likeness (QED) is 0.725. The Kier molecular flexibility index (Phi) is 6.87. The lowest BCUT2D eigenvalue weighted by Crippen LogP contribution is -2.41. The number of nitrogens with zero attached hydrogens (tertiary/aromatic N) is 1. The highest BCUT2D eigenvalue weighted by atomic mass is 16.5. The molecule has 2 amide bonds. The summed E-state index contributed by atoms with van der Waals surface area (Å²) in [4.78, 5) is 40.6. The Morgan fingerprint density at radius 3 is 2.52 bits per heavy atom. The SMILES string of the molecule is CCc1nc2ccccc2c(C(=O)OCC(=O)NCC(=O)NC(C)C)c1C. The van der Waals surface area contributed by atoms with Gasteiger partial charge in [0.15, 0.2) is 6.61 Å². The molecule has 2 rings (SSSR count). The van der Waals surface area contributed by atoms with Crippen molar-refractivity contribution in [2.45, 2.75) is 40.2 Å². The molecule has 0 fully saturated rings. The van der Waals surface area contributed by atoms with Crippen LogP contribution in [0.25, 0.3) is 10.9 Å². The van der Waals surface area contributed by atoms with Crippen LogP contribution in [0.1, 0.15) is 42.4 Å². The zero-order valence-corrected chi connectivity index (χ0v) is 16.1. The van der Waals surface area contributed by atoms with Crippen molar-refractivity contribution in [3.63, 3.8) is 0 Å². The third-order valence-electron chi connectivity index (χ3n) is 4.01. The predicted octanol–water partition coefficient (Wildman–Crippen LogP) is 1.90. The average molecular weight is 371 g/mol. The topological polar surface area (TPSA) is 97.4 Å². The van der Waals surface area contributed by atoms with Crippen LogP contribution in [0.4, 0.5) is 0 Å². The van der Waals surface area contributed by atoms with Crippen LogP contribution in [0.3, 0.4) is 0 Å². The van der Waals surface area contributed by atoms with E-state index >= 15 is 0 Å². The molecule has 0 aliphatic carbocycles. The van der Waals surface area contributed by atoms with Crippen molar-refractivity contribution in [1.29, 1.82) is 0 Å². The Bertz CT molecular complexity index is 862. The second-order valence-corrected chi connectivity index (χ2v) is 6.50. The van der Waals surface area contributed by atoms with E-state index in [1.165, 1.54) is 0 Å². The van der Waals surface area contributed by atoms with Crippen molar-refractivity contribution < 1.29 is 19.1 Å². The van der Waals surface area contributed by atoms with Crippen molar-refractivity contribution in [3.8, 4) is 0 Å². The summed E-state index contributed by atoms with van der Waals surface area (Å²) in [6, 6.07) is 7.32. The van der Waals surface area contributed by atoms with Crippen LogP contribution in [0, 0.1) is 6.92 Å². The van der Waals surface area contributed by atoms with Gasteiger partial charge in [-0.2, -0.15) is 0 Å². The third-order valence-corrected chi connectivity index (χ3v) is 4.01. The van der Waals surface area contributed by atoms with Gasteiger partial charge in [0.2, 0.25) is 5.91 Å². The lowest BCUT2D eigenvalue weighted by molar-refractivity contribution is -0.128. The molecule has 0 saturated heterocycles. The normalized spacial score (nSPS) is 10.7. The number of fused-ring (bicyclic) bond motifs is 1. The minimum atomic E-state index is -0.581. The lowest BCUT2D eigenvalue weighted by Gasteiger charge is -2.13. The zero-order chi connectivity index (χ0) is 20.0. The summed E-state index contributed by atoms with van der Waals surface area (Å²) >= 11 is 0. The Balaban J connectivity index is 2.07. The summed E-state index contributed by atoms with van der Waals surface area (Å²) in [6.45, 7) is 6.83. The molecule has 0 bridgehead atoms. The van der Waals surface area contributed by atoms with Gasteiger partial charge in [0.1, 0.15) is 0 Å². The van der Waals surface area contributed by atoms with E-state index in [1.54, 1.807) is 0 Å². The number of ether oxygens (including phenoxy) is 1. The number of esters is 1. The van der Waals surface area contributed by atoms with Crippen molar-refractivity contribution in [2.75, 3.05) is 13.2 Å². The molecule has 0 radical (unpaired) electrons. The molecule has 0 aliphatic rings. The van der Waals surface area contributed by atoms with Gasteiger partial charge >= 0.3 is 5.97 Å². The van der Waals surface area contributed by atoms with E-state index in [1.807, 2.05) is 52.0 Å². The standard InChI is InChI=1S/C20H25N3O4/c1-5-15-13(4)19(14-8-6-7-9-16(14)23-15)20(26)27-11-18(25)21-10-17(24)22-12(2)3/h6-9,12H,5,10-11H2,1-4H3,(H,21,25)(H,22,24). The van der Waals surface area contributed by atoms with Crippen LogP contribution < -0.4 is 10.6 Å². The van der Waals surface area contributed by atoms with Gasteiger partial charge in [-0.15, -0.1) is 0 Å². The Labute approximate surface area is 158 Å². The number of rotatable bonds is 7. The summed E-state index contributed by atoms with van der Waals surface area (Å²) in [5, 5.41) is 5.78. The highest BCUT2D eigenvalue weighted by Gasteiger charge is 2.19. The number of benzene rings is 1. The number of nitrogens with one attached hydrogen (secondary N) is 2. The molecular formula is C20H25N3O4. The number of aryl methyl sites for hydroxylation is 1. The molecule has 0 atom stereocenters. The van der Waals surface area contributed by atoms with E-state index in [0.717, 1.165) is 11.3 Å². The molecule has 27 heavy (non-hydrogen) atoms. The number of para-hydroxylation sites is 1. The van der Waals surface area contributed by atoms with Gasteiger partial charge in [0.05, 0.1) is 17.6 Å². The van der Waals surface area contributed by atoms with E-state index in [2.05, 4.69) is 15.6 Å². The van der Waals surface area contributed by atoms with Crippen LogP contribution in [-0.2, 0) is 20.7 Å². The van der Waals surface area contributed by atoms with Crippen LogP contribution in [0.2, 0.25) is 0 Å². The summed E-state index contributed by atoms with van der Waals surface area (Å²) in [6.07, 6.45) is 0.683. The van der Waals surface area contributed by atoms with Crippen LogP contribution in [-0.4, -0.2) is 42.0 Å². The maximum atomic E-state index is 12.6. The lowest BCUT2D eigenvalue weighted by atomic mass is 10.0. The molecule has 7 nitrogen and oxygen atoms in total. The first-order valence-electron chi connectivity index (χ1n) is 8.94. The molecule has 2 N–H and O–H groups in total. The molecule has 1 aromatic carbocycles. The first-order chi connectivity index (χ1) is 12.8. The molecule has 1 aromatic heterocycles. The fourth-order valence-corrected chi connectivity index (χ4v) is 2.77. The molecule has 0 unspecified atom stereocenters. The number of aromatic nitrogens is 1. The maximum absolute atomic E-state index is 12.6. The maximum Gasteiger partial charge on any atom is 0.339 e. The number of carbonyl (C=O) groups is 3. The van der Waals surface area contributed by atoms with Gasteiger partial charge in [0, 0.05) is 17.1 Å². The number of hydrogen-bond acceptors (Lipinski definition) is 5. The second kappa shape index (κ2) is 9.12. The van der Waals surface area contributed by atoms with Gasteiger partial charge in [-0.1, -0.05) is 25.1 Å². The predicted molar refractivity (Wildman–Crippen MR) is 102 cm³/mol. The van der Waals surface area contributed by atoms with Crippen LogP contribution >= 0.6 is 0 Å². The third kappa shape index (κ3) is 5.26. The van der Waals surface area contributed by atoms with E-state index in [0.29, 0.717) is 22.9 Å². The Morgan fingerprint density at radius 1 is 1.15 bits per heavy atom.